The van der Waals surface area contributed by atoms with Gasteiger partial charge in [-0.05, 0) is 30.3 Å². The standard InChI is InChI=1S/C15H13N3O5S2/c19-15(18-11-4-2-1-3-5-11)9-24(20,21)12-6-7-13-14(8-12)25(22,23)17-10-16-13/h1-8,10H,9H2,(H,16,17)(H,18,19). The summed E-state index contributed by atoms with van der Waals surface area (Å²) < 4.78 is 51.9. The first-order valence-electron chi connectivity index (χ1n) is 7.05. The number of sulfone groups is 1. The highest BCUT2D eigenvalue weighted by molar-refractivity contribution is 7.92. The van der Waals surface area contributed by atoms with Crippen molar-refractivity contribution in [3.05, 3.63) is 48.5 Å². The summed E-state index contributed by atoms with van der Waals surface area (Å²) in [6.45, 7) is 0. The van der Waals surface area contributed by atoms with Crippen molar-refractivity contribution in [1.82, 2.24) is 0 Å². The number of rotatable bonds is 4. The zero-order valence-electron chi connectivity index (χ0n) is 12.7. The van der Waals surface area contributed by atoms with Gasteiger partial charge in [-0.15, -0.1) is 4.40 Å². The molecule has 0 atom stereocenters. The lowest BCUT2D eigenvalue weighted by Crippen LogP contribution is -2.23. The van der Waals surface area contributed by atoms with Crippen LogP contribution in [0.25, 0.3) is 0 Å². The fraction of sp³-hybridized carbons (Fsp3) is 0.0667. The minimum Gasteiger partial charge on any atom is -0.345 e. The molecule has 1 heterocycles. The third-order valence-corrected chi connectivity index (χ3v) is 6.27. The van der Waals surface area contributed by atoms with E-state index in [9.17, 15) is 21.6 Å². The summed E-state index contributed by atoms with van der Waals surface area (Å²) in [5.74, 6) is -1.53. The number of nitrogens with one attached hydrogen (secondary N) is 2. The normalized spacial score (nSPS) is 15.0. The molecule has 3 rings (SSSR count). The summed E-state index contributed by atoms with van der Waals surface area (Å²) in [5, 5.41) is 5.10. The highest BCUT2D eigenvalue weighted by atomic mass is 32.2. The van der Waals surface area contributed by atoms with Crippen LogP contribution in [0.4, 0.5) is 11.4 Å². The van der Waals surface area contributed by atoms with Crippen LogP contribution in [-0.4, -0.2) is 34.8 Å². The molecule has 0 aliphatic carbocycles. The molecule has 10 heteroatoms. The van der Waals surface area contributed by atoms with E-state index in [0.717, 1.165) is 12.4 Å². The van der Waals surface area contributed by atoms with E-state index in [1.54, 1.807) is 30.3 Å². The Bertz CT molecular complexity index is 1060. The number of hydrogen-bond acceptors (Lipinski definition) is 6. The summed E-state index contributed by atoms with van der Waals surface area (Å²) in [5.41, 5.74) is 0.692. The fourth-order valence-corrected chi connectivity index (χ4v) is 4.44. The third-order valence-electron chi connectivity index (χ3n) is 3.38. The van der Waals surface area contributed by atoms with Crippen LogP contribution >= 0.6 is 0 Å². The minimum absolute atomic E-state index is 0.225. The molecule has 130 valence electrons. The molecule has 2 N–H and O–H groups in total. The van der Waals surface area contributed by atoms with Crippen LogP contribution in [0, 0.1) is 0 Å². The number of carbonyl (C=O) groups is 1. The van der Waals surface area contributed by atoms with E-state index < -0.39 is 31.5 Å². The Balaban J connectivity index is 1.85. The van der Waals surface area contributed by atoms with Crippen LogP contribution in [-0.2, 0) is 24.7 Å². The van der Waals surface area contributed by atoms with Gasteiger partial charge >= 0.3 is 0 Å². The second-order valence-corrected chi connectivity index (χ2v) is 8.78. The molecule has 2 aromatic carbocycles. The van der Waals surface area contributed by atoms with Gasteiger partial charge in [0.25, 0.3) is 10.0 Å². The number of anilines is 2. The van der Waals surface area contributed by atoms with E-state index in [0.29, 0.717) is 5.69 Å². The molecule has 0 bridgehead atoms. The van der Waals surface area contributed by atoms with Gasteiger partial charge in [0.1, 0.15) is 17.0 Å². The highest BCUT2D eigenvalue weighted by Crippen LogP contribution is 2.28. The molecule has 25 heavy (non-hydrogen) atoms. The smallest absolute Gasteiger partial charge is 0.285 e. The van der Waals surface area contributed by atoms with E-state index in [2.05, 4.69) is 15.0 Å². The number of hydrogen-bond donors (Lipinski definition) is 2. The molecule has 0 saturated carbocycles. The molecule has 8 nitrogen and oxygen atoms in total. The van der Waals surface area contributed by atoms with Crippen LogP contribution in [0.5, 0.6) is 0 Å². The lowest BCUT2D eigenvalue weighted by molar-refractivity contribution is -0.113. The van der Waals surface area contributed by atoms with Crippen LogP contribution in [0.1, 0.15) is 0 Å². The summed E-state index contributed by atoms with van der Waals surface area (Å²) in [4.78, 5) is 11.5. The molecule has 0 spiro atoms. The minimum atomic E-state index is -4.02. The molecule has 0 radical (unpaired) electrons. The Kier molecular flexibility index (Phi) is 4.31. The van der Waals surface area contributed by atoms with Crippen molar-refractivity contribution < 1.29 is 21.6 Å². The second-order valence-electron chi connectivity index (χ2n) is 5.19. The summed E-state index contributed by atoms with van der Waals surface area (Å²) >= 11 is 0. The SMILES string of the molecule is O=C(CS(=O)(=O)c1ccc2c(c1)S(=O)(=O)N=CN2)Nc1ccccc1. The first kappa shape index (κ1) is 17.1. The first-order valence-corrected chi connectivity index (χ1v) is 10.1. The number of amides is 1. The number of sulfonamides is 1. The Hall–Kier alpha value is -2.72. The van der Waals surface area contributed by atoms with E-state index in [4.69, 9.17) is 0 Å². The molecular formula is C15H13N3O5S2. The highest BCUT2D eigenvalue weighted by Gasteiger charge is 2.26. The van der Waals surface area contributed by atoms with Gasteiger partial charge < -0.3 is 10.6 Å². The Morgan fingerprint density at radius 3 is 2.56 bits per heavy atom. The molecule has 1 aliphatic heterocycles. The average molecular weight is 379 g/mol. The van der Waals surface area contributed by atoms with Gasteiger partial charge in [0.05, 0.1) is 10.6 Å². The van der Waals surface area contributed by atoms with Crippen molar-refractivity contribution in [2.24, 2.45) is 4.40 Å². The van der Waals surface area contributed by atoms with Crippen molar-refractivity contribution in [1.29, 1.82) is 0 Å². The molecule has 0 aromatic heterocycles. The Labute approximate surface area is 144 Å². The molecular weight excluding hydrogens is 366 g/mol. The van der Waals surface area contributed by atoms with Crippen LogP contribution in [0.2, 0.25) is 0 Å². The van der Waals surface area contributed by atoms with Crippen molar-refractivity contribution in [2.75, 3.05) is 16.4 Å². The monoisotopic (exact) mass is 379 g/mol. The van der Waals surface area contributed by atoms with E-state index in [1.807, 2.05) is 0 Å². The summed E-state index contributed by atoms with van der Waals surface area (Å²) in [6, 6.07) is 12.0. The van der Waals surface area contributed by atoms with Crippen LogP contribution in [0.3, 0.4) is 0 Å². The number of para-hydroxylation sites is 1. The van der Waals surface area contributed by atoms with Crippen LogP contribution in [0.15, 0.2) is 62.7 Å². The average Bonchev–Trinajstić information content (AvgIpc) is 2.54. The number of fused-ring (bicyclic) bond motifs is 1. The molecule has 0 unspecified atom stereocenters. The van der Waals surface area contributed by atoms with Crippen molar-refractivity contribution in [3.63, 3.8) is 0 Å². The molecule has 0 fully saturated rings. The third kappa shape index (κ3) is 3.69. The maximum Gasteiger partial charge on any atom is 0.285 e. The van der Waals surface area contributed by atoms with E-state index in [1.165, 1.54) is 12.1 Å². The van der Waals surface area contributed by atoms with Crippen molar-refractivity contribution >= 4 is 43.5 Å². The van der Waals surface area contributed by atoms with Gasteiger partial charge in [0, 0.05) is 5.69 Å². The lowest BCUT2D eigenvalue weighted by atomic mass is 10.3. The summed E-state index contributed by atoms with van der Waals surface area (Å²) in [6.07, 6.45) is 1.01. The number of benzene rings is 2. The Morgan fingerprint density at radius 2 is 1.84 bits per heavy atom. The van der Waals surface area contributed by atoms with Crippen molar-refractivity contribution in [2.45, 2.75) is 9.79 Å². The molecule has 1 aliphatic rings. The zero-order valence-corrected chi connectivity index (χ0v) is 14.3. The number of carbonyl (C=O) groups excluding carboxylic acids is 1. The quantitative estimate of drug-likeness (QED) is 0.824. The molecule has 1 amide bonds. The van der Waals surface area contributed by atoms with Gasteiger partial charge in [-0.2, -0.15) is 8.42 Å². The van der Waals surface area contributed by atoms with Crippen LogP contribution < -0.4 is 10.6 Å². The predicted molar refractivity (Wildman–Crippen MR) is 92.9 cm³/mol. The van der Waals surface area contributed by atoms with E-state index >= 15 is 0 Å². The lowest BCUT2D eigenvalue weighted by Gasteiger charge is -2.13. The van der Waals surface area contributed by atoms with Gasteiger partial charge in [-0.3, -0.25) is 4.79 Å². The van der Waals surface area contributed by atoms with E-state index in [-0.39, 0.29) is 15.5 Å². The first-order chi connectivity index (χ1) is 11.8. The second kappa shape index (κ2) is 6.30. The molecule has 2 aromatic rings. The van der Waals surface area contributed by atoms with Crippen molar-refractivity contribution in [3.8, 4) is 0 Å². The summed E-state index contributed by atoms with van der Waals surface area (Å²) in [7, 11) is -7.98. The number of nitrogens with zero attached hydrogens (tertiary/aromatic N) is 1. The van der Waals surface area contributed by atoms with Gasteiger partial charge in [0.2, 0.25) is 5.91 Å². The van der Waals surface area contributed by atoms with Gasteiger partial charge in [-0.1, -0.05) is 18.2 Å². The maximum atomic E-state index is 12.4. The maximum absolute atomic E-state index is 12.4. The Morgan fingerprint density at radius 1 is 1.12 bits per heavy atom. The van der Waals surface area contributed by atoms with Gasteiger partial charge in [-0.25, -0.2) is 8.42 Å². The molecule has 0 saturated heterocycles. The fourth-order valence-electron chi connectivity index (χ4n) is 2.23. The topological polar surface area (TPSA) is 122 Å². The predicted octanol–water partition coefficient (Wildman–Crippen LogP) is 1.24. The largest absolute Gasteiger partial charge is 0.345 e. The zero-order chi connectivity index (χ0) is 18.1. The van der Waals surface area contributed by atoms with Gasteiger partial charge in [0.15, 0.2) is 9.84 Å².